The van der Waals surface area contributed by atoms with Crippen molar-refractivity contribution < 1.29 is 19.1 Å². The number of amides is 1. The smallest absolute Gasteiger partial charge is 0.308 e. The molecule has 1 amide bonds. The molecule has 0 aliphatic heterocycles. The first-order valence-electron chi connectivity index (χ1n) is 7.08. The number of thiazole rings is 1. The highest BCUT2D eigenvalue weighted by Crippen LogP contribution is 2.30. The van der Waals surface area contributed by atoms with Gasteiger partial charge in [-0.1, -0.05) is 6.92 Å². The van der Waals surface area contributed by atoms with Crippen molar-refractivity contribution in [1.29, 1.82) is 0 Å². The van der Waals surface area contributed by atoms with Crippen molar-refractivity contribution in [2.45, 2.75) is 25.8 Å². The summed E-state index contributed by atoms with van der Waals surface area (Å²) in [6.45, 7) is 1.83. The number of carboxylic acids is 1. The molecule has 1 N–H and O–H groups in total. The van der Waals surface area contributed by atoms with E-state index in [0.717, 1.165) is 23.4 Å². The third-order valence-corrected chi connectivity index (χ3v) is 4.52. The second-order valence-electron chi connectivity index (χ2n) is 5.48. The Morgan fingerprint density at radius 2 is 2.32 bits per heavy atom. The Morgan fingerprint density at radius 1 is 1.55 bits per heavy atom. The Hall–Kier alpha value is -2.15. The van der Waals surface area contributed by atoms with Crippen molar-refractivity contribution >= 4 is 23.2 Å². The van der Waals surface area contributed by atoms with E-state index in [9.17, 15) is 9.59 Å². The van der Waals surface area contributed by atoms with Crippen LogP contribution in [-0.2, 0) is 4.79 Å². The SMILES string of the molecule is CC(CN(C(=O)c1csc(-c2ccoc2)n1)C1CC1)C(=O)O. The lowest BCUT2D eigenvalue weighted by molar-refractivity contribution is -0.141. The van der Waals surface area contributed by atoms with Crippen molar-refractivity contribution in [2.75, 3.05) is 6.54 Å². The summed E-state index contributed by atoms with van der Waals surface area (Å²) in [6, 6.07) is 1.94. The number of carbonyl (C=O) groups excluding carboxylic acids is 1. The van der Waals surface area contributed by atoms with Gasteiger partial charge in [0.2, 0.25) is 0 Å². The van der Waals surface area contributed by atoms with Crippen LogP contribution in [0.25, 0.3) is 10.6 Å². The molecule has 1 unspecified atom stereocenters. The van der Waals surface area contributed by atoms with Crippen LogP contribution in [0.4, 0.5) is 0 Å². The summed E-state index contributed by atoms with van der Waals surface area (Å²) in [6.07, 6.45) is 5.00. The van der Waals surface area contributed by atoms with Gasteiger partial charge in [0.15, 0.2) is 0 Å². The highest BCUT2D eigenvalue weighted by atomic mass is 32.1. The molecule has 2 aromatic heterocycles. The molecule has 0 saturated heterocycles. The zero-order valence-corrected chi connectivity index (χ0v) is 12.9. The van der Waals surface area contributed by atoms with Crippen LogP contribution in [0.5, 0.6) is 0 Å². The second-order valence-corrected chi connectivity index (χ2v) is 6.34. The van der Waals surface area contributed by atoms with Gasteiger partial charge < -0.3 is 14.4 Å². The molecule has 3 rings (SSSR count). The maximum Gasteiger partial charge on any atom is 0.308 e. The van der Waals surface area contributed by atoms with Crippen molar-refractivity contribution in [3.05, 3.63) is 29.7 Å². The standard InChI is InChI=1S/C15H16N2O4S/c1-9(15(19)20)6-17(11-2-3-11)14(18)12-8-22-13(16-12)10-4-5-21-7-10/h4-5,7-9,11H,2-3,6H2,1H3,(H,19,20). The second kappa shape index (κ2) is 5.92. The van der Waals surface area contributed by atoms with Gasteiger partial charge in [0, 0.05) is 23.5 Å². The van der Waals surface area contributed by atoms with Gasteiger partial charge in [-0.3, -0.25) is 9.59 Å². The van der Waals surface area contributed by atoms with Crippen molar-refractivity contribution in [3.8, 4) is 10.6 Å². The summed E-state index contributed by atoms with van der Waals surface area (Å²) in [7, 11) is 0. The van der Waals surface area contributed by atoms with Crippen LogP contribution in [0.3, 0.4) is 0 Å². The molecule has 7 heteroatoms. The molecule has 1 aliphatic rings. The Labute approximate surface area is 131 Å². The van der Waals surface area contributed by atoms with Crippen LogP contribution in [0.15, 0.2) is 28.4 Å². The van der Waals surface area contributed by atoms with Gasteiger partial charge in [0.1, 0.15) is 17.0 Å². The van der Waals surface area contributed by atoms with Crippen molar-refractivity contribution in [3.63, 3.8) is 0 Å². The van der Waals surface area contributed by atoms with Crippen molar-refractivity contribution in [1.82, 2.24) is 9.88 Å². The fourth-order valence-electron chi connectivity index (χ4n) is 2.19. The first-order chi connectivity index (χ1) is 10.6. The van der Waals surface area contributed by atoms with E-state index in [1.165, 1.54) is 11.3 Å². The average Bonchev–Trinajstić information content (AvgIpc) is 3.01. The molecule has 0 spiro atoms. The molecule has 116 valence electrons. The highest BCUT2D eigenvalue weighted by molar-refractivity contribution is 7.13. The zero-order chi connectivity index (χ0) is 15.7. The van der Waals surface area contributed by atoms with E-state index in [0.29, 0.717) is 5.69 Å². The lowest BCUT2D eigenvalue weighted by atomic mass is 10.1. The third kappa shape index (κ3) is 3.04. The number of carbonyl (C=O) groups is 2. The van der Waals surface area contributed by atoms with Gasteiger partial charge in [0.25, 0.3) is 5.91 Å². The summed E-state index contributed by atoms with van der Waals surface area (Å²) in [5, 5.41) is 11.5. The Balaban J connectivity index is 1.77. The zero-order valence-electron chi connectivity index (χ0n) is 12.1. The van der Waals surface area contributed by atoms with Crippen LogP contribution in [0, 0.1) is 5.92 Å². The fourth-order valence-corrected chi connectivity index (χ4v) is 2.98. The summed E-state index contributed by atoms with van der Waals surface area (Å²) in [4.78, 5) is 29.7. The Morgan fingerprint density at radius 3 is 2.91 bits per heavy atom. The summed E-state index contributed by atoms with van der Waals surface area (Å²) in [5.41, 5.74) is 1.20. The molecule has 0 bridgehead atoms. The maximum atomic E-state index is 12.6. The molecule has 6 nitrogen and oxygen atoms in total. The first-order valence-corrected chi connectivity index (χ1v) is 7.96. The first kappa shape index (κ1) is 14.8. The molecule has 1 atom stereocenters. The monoisotopic (exact) mass is 320 g/mol. The van der Waals surface area contributed by atoms with Crippen molar-refractivity contribution in [2.24, 2.45) is 5.92 Å². The van der Waals surface area contributed by atoms with E-state index in [1.54, 1.807) is 35.8 Å². The van der Waals surface area contributed by atoms with Gasteiger partial charge >= 0.3 is 5.97 Å². The predicted molar refractivity (Wildman–Crippen MR) is 80.7 cm³/mol. The number of carboxylic acid groups (broad SMARTS) is 1. The van der Waals surface area contributed by atoms with E-state index in [4.69, 9.17) is 9.52 Å². The average molecular weight is 320 g/mol. The van der Waals surface area contributed by atoms with E-state index in [-0.39, 0.29) is 18.5 Å². The molecule has 1 saturated carbocycles. The van der Waals surface area contributed by atoms with Crippen LogP contribution in [-0.4, -0.2) is 39.5 Å². The topological polar surface area (TPSA) is 83.6 Å². The molecular formula is C15H16N2O4S. The lowest BCUT2D eigenvalue weighted by Gasteiger charge is -2.23. The number of aliphatic carboxylic acids is 1. The third-order valence-electron chi connectivity index (χ3n) is 3.63. The van der Waals surface area contributed by atoms with Crippen LogP contribution in [0.1, 0.15) is 30.3 Å². The molecule has 1 fully saturated rings. The van der Waals surface area contributed by atoms with E-state index in [1.807, 2.05) is 0 Å². The summed E-state index contributed by atoms with van der Waals surface area (Å²) < 4.78 is 5.02. The number of hydrogen-bond donors (Lipinski definition) is 1. The van der Waals surface area contributed by atoms with Gasteiger partial charge in [-0.05, 0) is 18.9 Å². The number of nitrogens with zero attached hydrogens (tertiary/aromatic N) is 2. The molecule has 0 aromatic carbocycles. The fraction of sp³-hybridized carbons (Fsp3) is 0.400. The van der Waals surface area contributed by atoms with Crippen LogP contribution in [0.2, 0.25) is 0 Å². The molecule has 2 heterocycles. The van der Waals surface area contributed by atoms with E-state index < -0.39 is 11.9 Å². The summed E-state index contributed by atoms with van der Waals surface area (Å²) >= 11 is 1.38. The van der Waals surface area contributed by atoms with E-state index >= 15 is 0 Å². The molecular weight excluding hydrogens is 304 g/mol. The molecule has 1 aliphatic carbocycles. The quantitative estimate of drug-likeness (QED) is 0.884. The molecule has 0 radical (unpaired) electrons. The minimum Gasteiger partial charge on any atom is -0.481 e. The number of rotatable bonds is 6. The maximum absolute atomic E-state index is 12.6. The minimum absolute atomic E-state index is 0.147. The molecule has 22 heavy (non-hydrogen) atoms. The largest absolute Gasteiger partial charge is 0.481 e. The van der Waals surface area contributed by atoms with Crippen LogP contribution >= 0.6 is 11.3 Å². The number of hydrogen-bond acceptors (Lipinski definition) is 5. The van der Waals surface area contributed by atoms with Gasteiger partial charge in [-0.2, -0.15) is 0 Å². The number of aromatic nitrogens is 1. The normalized spacial score (nSPS) is 15.5. The Kier molecular flexibility index (Phi) is 3.98. The van der Waals surface area contributed by atoms with Gasteiger partial charge in [-0.25, -0.2) is 4.98 Å². The predicted octanol–water partition coefficient (Wildman–Crippen LogP) is 2.73. The summed E-state index contributed by atoms with van der Waals surface area (Å²) in [5.74, 6) is -1.67. The van der Waals surface area contributed by atoms with Gasteiger partial charge in [0.05, 0.1) is 12.2 Å². The number of furan rings is 1. The highest BCUT2D eigenvalue weighted by Gasteiger charge is 2.35. The molecule has 2 aromatic rings. The van der Waals surface area contributed by atoms with E-state index in [2.05, 4.69) is 4.98 Å². The lowest BCUT2D eigenvalue weighted by Crippen LogP contribution is -2.38. The van der Waals surface area contributed by atoms with Gasteiger partial charge in [-0.15, -0.1) is 11.3 Å². The Bertz CT molecular complexity index is 676. The minimum atomic E-state index is -0.893. The van der Waals surface area contributed by atoms with Crippen LogP contribution < -0.4 is 0 Å².